The Bertz CT molecular complexity index is 189. The lowest BCUT2D eigenvalue weighted by molar-refractivity contribution is -0.261. The van der Waals surface area contributed by atoms with E-state index in [0.717, 1.165) is 25.7 Å². The summed E-state index contributed by atoms with van der Waals surface area (Å²) >= 11 is 0. The second-order valence-electron chi connectivity index (χ2n) is 4.09. The molecule has 1 saturated carbocycles. The van der Waals surface area contributed by atoms with Crippen LogP contribution in [-0.4, -0.2) is 23.4 Å². The van der Waals surface area contributed by atoms with E-state index in [1.54, 1.807) is 0 Å². The third-order valence-electron chi connectivity index (χ3n) is 2.97. The molecule has 1 rings (SSSR count). The highest BCUT2D eigenvalue weighted by Crippen LogP contribution is 2.39. The highest BCUT2D eigenvalue weighted by molar-refractivity contribution is 4.90. The molecular formula is C9H16F3NO. The molecule has 0 bridgehead atoms. The first-order valence-electron chi connectivity index (χ1n) is 4.88. The predicted molar refractivity (Wildman–Crippen MR) is 46.6 cm³/mol. The van der Waals surface area contributed by atoms with Crippen molar-refractivity contribution in [3.63, 3.8) is 0 Å². The minimum Gasteiger partial charge on any atom is -0.379 e. The molecule has 1 aliphatic rings. The molecule has 2 nitrogen and oxygen atoms in total. The van der Waals surface area contributed by atoms with Crippen molar-refractivity contribution in [1.29, 1.82) is 0 Å². The zero-order valence-corrected chi connectivity index (χ0v) is 7.98. The van der Waals surface area contributed by atoms with Crippen LogP contribution >= 0.6 is 0 Å². The summed E-state index contributed by atoms with van der Waals surface area (Å²) in [5.41, 5.74) is 2.32. The summed E-state index contributed by atoms with van der Waals surface area (Å²) in [6.45, 7) is -0.743. The van der Waals surface area contributed by atoms with Gasteiger partial charge in [-0.25, -0.2) is 0 Å². The van der Waals surface area contributed by atoms with Gasteiger partial charge in [-0.05, 0) is 12.3 Å². The van der Waals surface area contributed by atoms with E-state index >= 15 is 0 Å². The lowest BCUT2D eigenvalue weighted by atomic mass is 9.89. The molecule has 0 amide bonds. The Kier molecular flexibility index (Phi) is 3.42. The Hall–Kier alpha value is -0.290. The van der Waals surface area contributed by atoms with Crippen LogP contribution in [0.5, 0.6) is 0 Å². The van der Waals surface area contributed by atoms with Gasteiger partial charge < -0.3 is 10.8 Å². The fourth-order valence-corrected chi connectivity index (χ4v) is 2.01. The number of halogens is 3. The van der Waals surface area contributed by atoms with Crippen LogP contribution in [0.15, 0.2) is 0 Å². The molecule has 84 valence electrons. The minimum absolute atomic E-state index is 0.0230. The van der Waals surface area contributed by atoms with Gasteiger partial charge in [-0.3, -0.25) is 0 Å². The summed E-state index contributed by atoms with van der Waals surface area (Å²) in [6, 6.07) is 0. The van der Waals surface area contributed by atoms with Crippen molar-refractivity contribution in [3.8, 4) is 0 Å². The molecular weight excluding hydrogens is 195 g/mol. The van der Waals surface area contributed by atoms with Gasteiger partial charge in [0.15, 0.2) is 5.60 Å². The van der Waals surface area contributed by atoms with Gasteiger partial charge in [0.1, 0.15) is 0 Å². The van der Waals surface area contributed by atoms with E-state index < -0.39 is 18.3 Å². The van der Waals surface area contributed by atoms with Crippen molar-refractivity contribution in [1.82, 2.24) is 0 Å². The molecule has 14 heavy (non-hydrogen) atoms. The van der Waals surface area contributed by atoms with Crippen LogP contribution in [0, 0.1) is 5.92 Å². The maximum atomic E-state index is 12.4. The van der Waals surface area contributed by atoms with E-state index in [0.29, 0.717) is 0 Å². The smallest absolute Gasteiger partial charge is 0.379 e. The van der Waals surface area contributed by atoms with Gasteiger partial charge in [0.25, 0.3) is 0 Å². The first-order valence-corrected chi connectivity index (χ1v) is 4.88. The molecule has 0 aromatic rings. The molecule has 1 fully saturated rings. The van der Waals surface area contributed by atoms with Crippen molar-refractivity contribution in [3.05, 3.63) is 0 Å². The third kappa shape index (κ3) is 2.39. The molecule has 0 radical (unpaired) electrons. The first-order chi connectivity index (χ1) is 6.39. The van der Waals surface area contributed by atoms with E-state index in [1.807, 2.05) is 0 Å². The molecule has 5 heteroatoms. The summed E-state index contributed by atoms with van der Waals surface area (Å²) < 4.78 is 37.3. The standard InChI is InChI=1S/C9H16F3NO/c10-9(11,12)8(14,6-13)5-7-3-1-2-4-7/h7,14H,1-6,13H2. The van der Waals surface area contributed by atoms with Gasteiger partial charge in [-0.1, -0.05) is 25.7 Å². The van der Waals surface area contributed by atoms with E-state index in [2.05, 4.69) is 0 Å². The van der Waals surface area contributed by atoms with E-state index in [1.165, 1.54) is 0 Å². The predicted octanol–water partition coefficient (Wildman–Crippen LogP) is 1.82. The highest BCUT2D eigenvalue weighted by atomic mass is 19.4. The molecule has 0 saturated heterocycles. The molecule has 0 aromatic carbocycles. The second kappa shape index (κ2) is 4.06. The summed E-state index contributed by atoms with van der Waals surface area (Å²) in [4.78, 5) is 0. The number of alkyl halides is 3. The zero-order valence-electron chi connectivity index (χ0n) is 7.98. The quantitative estimate of drug-likeness (QED) is 0.748. The monoisotopic (exact) mass is 211 g/mol. The SMILES string of the molecule is NCC(O)(CC1CCCC1)C(F)(F)F. The van der Waals surface area contributed by atoms with E-state index in [-0.39, 0.29) is 12.3 Å². The fraction of sp³-hybridized carbons (Fsp3) is 1.00. The molecule has 0 spiro atoms. The second-order valence-corrected chi connectivity index (χ2v) is 4.09. The minimum atomic E-state index is -4.61. The van der Waals surface area contributed by atoms with Gasteiger partial charge >= 0.3 is 6.18 Å². The summed E-state index contributed by atoms with van der Waals surface area (Å²) in [5.74, 6) is -0.0230. The average Bonchev–Trinajstić information content (AvgIpc) is 2.54. The van der Waals surface area contributed by atoms with Crippen LogP contribution in [0.1, 0.15) is 32.1 Å². The maximum Gasteiger partial charge on any atom is 0.418 e. The molecule has 3 N–H and O–H groups in total. The topological polar surface area (TPSA) is 46.2 Å². The van der Waals surface area contributed by atoms with Crippen molar-refractivity contribution < 1.29 is 18.3 Å². The normalized spacial score (nSPS) is 23.8. The van der Waals surface area contributed by atoms with Crippen LogP contribution in [0.2, 0.25) is 0 Å². The van der Waals surface area contributed by atoms with Crippen LogP contribution in [0.3, 0.4) is 0 Å². The lowest BCUT2D eigenvalue weighted by Gasteiger charge is -2.31. The number of aliphatic hydroxyl groups is 1. The Morgan fingerprint density at radius 1 is 1.21 bits per heavy atom. The Morgan fingerprint density at radius 2 is 1.71 bits per heavy atom. The molecule has 1 aliphatic carbocycles. The van der Waals surface area contributed by atoms with Crippen LogP contribution in [0.4, 0.5) is 13.2 Å². The average molecular weight is 211 g/mol. The van der Waals surface area contributed by atoms with Crippen LogP contribution in [0.25, 0.3) is 0 Å². The van der Waals surface area contributed by atoms with E-state index in [9.17, 15) is 18.3 Å². The highest BCUT2D eigenvalue weighted by Gasteiger charge is 2.53. The largest absolute Gasteiger partial charge is 0.418 e. The van der Waals surface area contributed by atoms with Gasteiger partial charge in [-0.2, -0.15) is 13.2 Å². The fourth-order valence-electron chi connectivity index (χ4n) is 2.01. The number of hydrogen-bond acceptors (Lipinski definition) is 2. The number of nitrogens with two attached hydrogens (primary N) is 1. The van der Waals surface area contributed by atoms with Gasteiger partial charge in [0, 0.05) is 6.54 Å². The third-order valence-corrected chi connectivity index (χ3v) is 2.97. The van der Waals surface area contributed by atoms with E-state index in [4.69, 9.17) is 5.73 Å². The molecule has 0 aliphatic heterocycles. The van der Waals surface area contributed by atoms with Gasteiger partial charge in [0.05, 0.1) is 0 Å². The van der Waals surface area contributed by atoms with Crippen molar-refractivity contribution in [2.24, 2.45) is 11.7 Å². The first kappa shape index (κ1) is 11.8. The lowest BCUT2D eigenvalue weighted by Crippen LogP contribution is -2.52. The van der Waals surface area contributed by atoms with Crippen molar-refractivity contribution in [2.75, 3.05) is 6.54 Å². The maximum absolute atomic E-state index is 12.4. The van der Waals surface area contributed by atoms with Gasteiger partial charge in [0.2, 0.25) is 0 Å². The van der Waals surface area contributed by atoms with Gasteiger partial charge in [-0.15, -0.1) is 0 Å². The molecule has 0 heterocycles. The van der Waals surface area contributed by atoms with Crippen molar-refractivity contribution >= 4 is 0 Å². The Balaban J connectivity index is 2.60. The van der Waals surface area contributed by atoms with Crippen LogP contribution in [-0.2, 0) is 0 Å². The zero-order chi connectivity index (χ0) is 10.8. The number of rotatable bonds is 3. The molecule has 0 aromatic heterocycles. The molecule has 1 unspecified atom stereocenters. The number of hydrogen-bond donors (Lipinski definition) is 2. The summed E-state index contributed by atoms with van der Waals surface area (Å²) in [5, 5.41) is 9.37. The Labute approximate surface area is 81.3 Å². The van der Waals surface area contributed by atoms with Crippen molar-refractivity contribution in [2.45, 2.75) is 43.9 Å². The Morgan fingerprint density at radius 3 is 2.07 bits per heavy atom. The van der Waals surface area contributed by atoms with Crippen LogP contribution < -0.4 is 5.73 Å². The summed E-state index contributed by atoms with van der Waals surface area (Å²) in [7, 11) is 0. The summed E-state index contributed by atoms with van der Waals surface area (Å²) in [6.07, 6.45) is -1.37. The molecule has 1 atom stereocenters.